The van der Waals surface area contributed by atoms with Crippen molar-refractivity contribution in [3.63, 3.8) is 0 Å². The summed E-state index contributed by atoms with van der Waals surface area (Å²) in [5.74, 6) is -0.433. The maximum atomic E-state index is 13.1. The van der Waals surface area contributed by atoms with Crippen LogP contribution in [0.4, 0.5) is 19.0 Å². The highest BCUT2D eigenvalue weighted by Crippen LogP contribution is 2.36. The molecule has 0 saturated carbocycles. The van der Waals surface area contributed by atoms with Gasteiger partial charge in [-0.15, -0.1) is 10.2 Å². The van der Waals surface area contributed by atoms with Crippen molar-refractivity contribution in [2.75, 3.05) is 25.5 Å². The summed E-state index contributed by atoms with van der Waals surface area (Å²) in [6.07, 6.45) is 0.626. The van der Waals surface area contributed by atoms with Crippen LogP contribution in [0.3, 0.4) is 0 Å². The Hall–Kier alpha value is -3.80. The van der Waals surface area contributed by atoms with Crippen LogP contribution < -0.4 is 11.1 Å². The fourth-order valence-corrected chi connectivity index (χ4v) is 3.91. The molecule has 34 heavy (non-hydrogen) atoms. The van der Waals surface area contributed by atoms with Crippen LogP contribution in [0.25, 0.3) is 22.0 Å². The van der Waals surface area contributed by atoms with Crippen LogP contribution in [0.1, 0.15) is 28.8 Å². The number of aromatic nitrogens is 3. The summed E-state index contributed by atoms with van der Waals surface area (Å²) in [5.41, 5.74) is 4.63. The van der Waals surface area contributed by atoms with E-state index in [9.17, 15) is 18.0 Å². The molecular weight excluding hydrogens is 453 g/mol. The summed E-state index contributed by atoms with van der Waals surface area (Å²) in [6, 6.07) is 4.74. The number of halogens is 3. The number of anilines is 1. The van der Waals surface area contributed by atoms with E-state index in [0.717, 1.165) is 38.1 Å². The highest BCUT2D eigenvalue weighted by atomic mass is 19.4. The number of fused-ring (bicyclic) bond motifs is 1. The summed E-state index contributed by atoms with van der Waals surface area (Å²) in [7, 11) is 2.05. The first-order valence-corrected chi connectivity index (χ1v) is 10.3. The zero-order valence-corrected chi connectivity index (χ0v) is 18.2. The molecule has 3 heterocycles. The minimum atomic E-state index is -4.60. The Labute approximate surface area is 192 Å². The number of hydrogen-bond acceptors (Lipinski definition) is 7. The first-order chi connectivity index (χ1) is 16.2. The largest absolute Gasteiger partial charge is 0.483 e. The number of alkyl halides is 3. The Morgan fingerprint density at radius 2 is 2.00 bits per heavy atom. The second-order valence-corrected chi connectivity index (χ2v) is 7.79. The number of nitrogens with two attached hydrogens (primary N) is 1. The molecule has 1 atom stereocenters. The number of carbonyl (C=O) groups excluding carboxylic acids is 1. The van der Waals surface area contributed by atoms with E-state index in [1.54, 1.807) is 18.5 Å². The summed E-state index contributed by atoms with van der Waals surface area (Å²) >= 11 is 0. The Morgan fingerprint density at radius 1 is 1.26 bits per heavy atom. The van der Waals surface area contributed by atoms with Gasteiger partial charge in [0.2, 0.25) is 5.91 Å². The van der Waals surface area contributed by atoms with Gasteiger partial charge in [0, 0.05) is 46.9 Å². The van der Waals surface area contributed by atoms with Crippen LogP contribution in [0.15, 0.2) is 36.7 Å². The van der Waals surface area contributed by atoms with Crippen LogP contribution in [0, 0.1) is 0 Å². The molecule has 1 aliphatic heterocycles. The number of likely N-dealkylation sites (N-methyl/N-ethyl adjacent to an activating group) is 1. The minimum Gasteiger partial charge on any atom is -0.483 e. The maximum absolute atomic E-state index is 13.1. The molecule has 1 saturated heterocycles. The molecule has 1 fully saturated rings. The lowest BCUT2D eigenvalue weighted by Gasteiger charge is -2.30. The molecule has 2 aromatic heterocycles. The smallest absolute Gasteiger partial charge is 0.416 e. The number of piperidine rings is 1. The average molecular weight is 476 g/mol. The van der Waals surface area contributed by atoms with Crippen molar-refractivity contribution in [1.29, 1.82) is 0 Å². The van der Waals surface area contributed by atoms with Crippen LogP contribution in [-0.2, 0) is 11.0 Å². The van der Waals surface area contributed by atoms with Gasteiger partial charge in [0.05, 0.1) is 5.56 Å². The maximum Gasteiger partial charge on any atom is 0.416 e. The number of hydrogen-bond donors (Lipinski definition) is 3. The van der Waals surface area contributed by atoms with Crippen LogP contribution in [-0.4, -0.2) is 63.7 Å². The summed E-state index contributed by atoms with van der Waals surface area (Å²) in [4.78, 5) is 26.7. The molecule has 180 valence electrons. The third kappa shape index (κ3) is 5.57. The van der Waals surface area contributed by atoms with E-state index in [1.165, 1.54) is 6.07 Å². The predicted molar refractivity (Wildman–Crippen MR) is 119 cm³/mol. The first-order valence-electron chi connectivity index (χ1n) is 10.3. The number of rotatable bonds is 4. The molecule has 3 aromatic rings. The van der Waals surface area contributed by atoms with Gasteiger partial charge < -0.3 is 21.1 Å². The van der Waals surface area contributed by atoms with Gasteiger partial charge in [-0.25, -0.2) is 0 Å². The molecule has 1 aliphatic rings. The number of carboxylic acid groups (broad SMARTS) is 1. The quantitative estimate of drug-likeness (QED) is 0.489. The fourth-order valence-electron chi connectivity index (χ4n) is 3.91. The molecule has 1 aromatic carbocycles. The van der Waals surface area contributed by atoms with Gasteiger partial charge >= 0.3 is 6.18 Å². The summed E-state index contributed by atoms with van der Waals surface area (Å²) < 4.78 is 39.4. The molecule has 0 radical (unpaired) electrons. The lowest BCUT2D eigenvalue weighted by atomic mass is 9.97. The Morgan fingerprint density at radius 3 is 2.65 bits per heavy atom. The van der Waals surface area contributed by atoms with E-state index in [1.807, 2.05) is 0 Å². The van der Waals surface area contributed by atoms with Gasteiger partial charge in [-0.2, -0.15) is 13.2 Å². The summed E-state index contributed by atoms with van der Waals surface area (Å²) in [5, 5.41) is 20.1. The van der Waals surface area contributed by atoms with Crippen molar-refractivity contribution < 1.29 is 27.9 Å². The van der Waals surface area contributed by atoms with Crippen LogP contribution in [0.2, 0.25) is 0 Å². The van der Waals surface area contributed by atoms with Gasteiger partial charge in [0.15, 0.2) is 5.82 Å². The normalized spacial score (nSPS) is 16.4. The lowest BCUT2D eigenvalue weighted by Crippen LogP contribution is -2.40. The number of nitrogens with zero attached hydrogens (tertiary/aromatic N) is 4. The van der Waals surface area contributed by atoms with Crippen LogP contribution >= 0.6 is 0 Å². The molecule has 4 rings (SSSR count). The molecule has 9 nitrogen and oxygen atoms in total. The van der Waals surface area contributed by atoms with E-state index in [-0.39, 0.29) is 29.3 Å². The van der Waals surface area contributed by atoms with Crippen molar-refractivity contribution in [3.05, 3.63) is 47.8 Å². The van der Waals surface area contributed by atoms with E-state index in [4.69, 9.17) is 15.6 Å². The molecular formula is C22H23F3N6O3. The minimum absolute atomic E-state index is 0.188. The molecule has 0 aliphatic carbocycles. The van der Waals surface area contributed by atoms with Crippen LogP contribution in [0.5, 0.6) is 0 Å². The van der Waals surface area contributed by atoms with Crippen molar-refractivity contribution >= 4 is 29.0 Å². The molecule has 0 unspecified atom stereocenters. The van der Waals surface area contributed by atoms with Gasteiger partial charge in [-0.05, 0) is 44.6 Å². The van der Waals surface area contributed by atoms with Crippen molar-refractivity contribution in [3.8, 4) is 11.3 Å². The van der Waals surface area contributed by atoms with Crippen molar-refractivity contribution in [2.24, 2.45) is 5.73 Å². The number of carbonyl (C=O) groups is 2. The van der Waals surface area contributed by atoms with Gasteiger partial charge in [0.25, 0.3) is 6.47 Å². The number of nitrogens with one attached hydrogen (secondary N) is 1. The number of likely N-dealkylation sites (tertiary alicyclic amines) is 1. The molecule has 4 N–H and O–H groups in total. The molecule has 0 spiro atoms. The molecule has 0 bridgehead atoms. The van der Waals surface area contributed by atoms with E-state index in [0.29, 0.717) is 16.6 Å². The highest BCUT2D eigenvalue weighted by molar-refractivity contribution is 6.06. The summed E-state index contributed by atoms with van der Waals surface area (Å²) in [6.45, 7) is 1.64. The van der Waals surface area contributed by atoms with Gasteiger partial charge in [-0.1, -0.05) is 6.07 Å². The SMILES string of the molecule is CN1CCC[C@@H](Nc2nnc(-c3ccc(C(F)(F)F)cc3C(N)=O)c3ccncc23)C1.O=CO. The van der Waals surface area contributed by atoms with Gasteiger partial charge in [-0.3, -0.25) is 14.6 Å². The number of benzene rings is 1. The second-order valence-electron chi connectivity index (χ2n) is 7.79. The second kappa shape index (κ2) is 10.4. The zero-order valence-electron chi connectivity index (χ0n) is 18.2. The predicted octanol–water partition coefficient (Wildman–Crippen LogP) is 3.02. The third-order valence-electron chi connectivity index (χ3n) is 5.41. The number of pyridine rings is 1. The Balaban J connectivity index is 0.00000103. The Bertz CT molecular complexity index is 1190. The standard InChI is InChI=1S/C21H21F3N6O.CH2O2/c1-30-8-2-3-13(11-30)27-20-17-10-26-7-6-15(17)18(28-29-20)14-5-4-12(21(22,23)24)9-16(14)19(25)31;2-1-3/h4-7,9-10,13H,2-3,8,11H2,1H3,(H2,25,31)(H,27,29);1H,(H,2,3)/t13-;/m1./s1. The highest BCUT2D eigenvalue weighted by Gasteiger charge is 2.32. The lowest BCUT2D eigenvalue weighted by molar-refractivity contribution is -0.137. The van der Waals surface area contributed by atoms with E-state index in [2.05, 4.69) is 32.4 Å². The van der Waals surface area contributed by atoms with Crippen molar-refractivity contribution in [1.82, 2.24) is 20.1 Å². The molecule has 1 amide bonds. The van der Waals surface area contributed by atoms with E-state index >= 15 is 0 Å². The number of primary amides is 1. The average Bonchev–Trinajstić information content (AvgIpc) is 2.79. The molecule has 12 heteroatoms. The van der Waals surface area contributed by atoms with Gasteiger partial charge in [0.1, 0.15) is 5.69 Å². The first kappa shape index (κ1) is 24.8. The fraction of sp³-hybridized carbons (Fsp3) is 0.318. The topological polar surface area (TPSA) is 134 Å². The zero-order chi connectivity index (χ0) is 24.9. The third-order valence-corrected chi connectivity index (χ3v) is 5.41. The van der Waals surface area contributed by atoms with Crippen molar-refractivity contribution in [2.45, 2.75) is 25.1 Å². The monoisotopic (exact) mass is 476 g/mol. The number of amides is 1. The Kier molecular flexibility index (Phi) is 7.61. The van der Waals surface area contributed by atoms with E-state index < -0.39 is 17.6 Å².